The highest BCUT2D eigenvalue weighted by molar-refractivity contribution is 6.17. The van der Waals surface area contributed by atoms with Crippen LogP contribution < -0.4 is 5.32 Å². The van der Waals surface area contributed by atoms with Crippen LogP contribution in [0.15, 0.2) is 28.0 Å². The smallest absolute Gasteiger partial charge is 0.350 e. The van der Waals surface area contributed by atoms with Gasteiger partial charge in [0.1, 0.15) is 5.54 Å². The van der Waals surface area contributed by atoms with E-state index < -0.39 is 23.3 Å². The van der Waals surface area contributed by atoms with E-state index in [2.05, 4.69) is 30.2 Å². The molecular formula is C21H27N3O4. The van der Waals surface area contributed by atoms with Crippen LogP contribution >= 0.6 is 0 Å². The number of aliphatic imine (C=N–C) groups is 1. The Morgan fingerprint density at radius 2 is 1.61 bits per heavy atom. The number of nitrogens with zero attached hydrogens (tertiary/aromatic N) is 2. The summed E-state index contributed by atoms with van der Waals surface area (Å²) in [5.74, 6) is -2.69. The molecule has 1 atom stereocenters. The number of rotatable bonds is 1. The second kappa shape index (κ2) is 5.94. The zero-order chi connectivity index (χ0) is 21.1. The molecule has 0 bridgehead atoms. The highest BCUT2D eigenvalue weighted by Crippen LogP contribution is 2.44. The summed E-state index contributed by atoms with van der Waals surface area (Å²) in [7, 11) is 0. The summed E-state index contributed by atoms with van der Waals surface area (Å²) in [6.07, 6.45) is 3.06. The zero-order valence-corrected chi connectivity index (χ0v) is 17.5. The second-order valence-electron chi connectivity index (χ2n) is 9.65. The Morgan fingerprint density at radius 1 is 1.04 bits per heavy atom. The van der Waals surface area contributed by atoms with Gasteiger partial charge >= 0.3 is 11.9 Å². The highest BCUT2D eigenvalue weighted by atomic mass is 16.7. The Hall–Kier alpha value is -2.62. The van der Waals surface area contributed by atoms with Gasteiger partial charge in [-0.05, 0) is 19.4 Å². The molecule has 0 aliphatic carbocycles. The van der Waals surface area contributed by atoms with Gasteiger partial charge in [0, 0.05) is 42.5 Å². The summed E-state index contributed by atoms with van der Waals surface area (Å²) in [5.41, 5.74) is 0.626. The summed E-state index contributed by atoms with van der Waals surface area (Å²) < 4.78 is 10.4. The lowest BCUT2D eigenvalue weighted by molar-refractivity contribution is -0.222. The van der Waals surface area contributed by atoms with Crippen LogP contribution in [0.3, 0.4) is 0 Å². The van der Waals surface area contributed by atoms with Gasteiger partial charge in [-0.3, -0.25) is 4.99 Å². The number of nitrogens with one attached hydrogen (secondary N) is 1. The van der Waals surface area contributed by atoms with Crippen LogP contribution in [0.25, 0.3) is 0 Å². The molecule has 0 aromatic heterocycles. The van der Waals surface area contributed by atoms with Crippen molar-refractivity contribution in [2.75, 3.05) is 0 Å². The van der Waals surface area contributed by atoms with Crippen molar-refractivity contribution in [3.05, 3.63) is 23.0 Å². The van der Waals surface area contributed by atoms with Crippen molar-refractivity contribution in [2.45, 2.75) is 72.6 Å². The minimum atomic E-state index is -1.28. The van der Waals surface area contributed by atoms with Gasteiger partial charge in [0.15, 0.2) is 5.57 Å². The van der Waals surface area contributed by atoms with Gasteiger partial charge in [-0.2, -0.15) is 5.26 Å². The first kappa shape index (κ1) is 20.1. The number of cyclic esters (lactones) is 2. The van der Waals surface area contributed by atoms with Crippen LogP contribution in [0, 0.1) is 22.2 Å². The first-order valence-corrected chi connectivity index (χ1v) is 9.39. The zero-order valence-electron chi connectivity index (χ0n) is 17.5. The minimum Gasteiger partial charge on any atom is -0.419 e. The molecule has 1 N–H and O–H groups in total. The standard InChI is InChI=1S/C21H27N3O4/c1-18(2)10-13(15-16(25)27-20(5,6)28-17(15)26)23-14(18)8-12-9-19(3,4)21(7,11-22)24-12/h8,24H,9-10H2,1-7H3/b12-8-. The van der Waals surface area contributed by atoms with Crippen LogP contribution in [0.1, 0.15) is 61.3 Å². The molecule has 0 aromatic carbocycles. The molecule has 0 saturated carbocycles. The van der Waals surface area contributed by atoms with Crippen LogP contribution in [0.2, 0.25) is 0 Å². The summed E-state index contributed by atoms with van der Waals surface area (Å²) in [6, 6.07) is 2.36. The van der Waals surface area contributed by atoms with Crippen molar-refractivity contribution in [1.82, 2.24) is 5.32 Å². The molecule has 0 radical (unpaired) electrons. The maximum atomic E-state index is 12.4. The van der Waals surface area contributed by atoms with E-state index in [0.717, 1.165) is 11.4 Å². The third-order valence-corrected chi connectivity index (χ3v) is 5.86. The number of carbonyl (C=O) groups is 2. The summed E-state index contributed by atoms with van der Waals surface area (Å²) in [6.45, 7) is 13.0. The van der Waals surface area contributed by atoms with Gasteiger partial charge in [-0.1, -0.05) is 27.7 Å². The number of allylic oxidation sites excluding steroid dienone is 3. The molecule has 7 nitrogen and oxygen atoms in total. The molecule has 0 spiro atoms. The Labute approximate surface area is 165 Å². The SMILES string of the molecule is CC1(C)OC(=O)C(=C2CC(C)(C)C(/C=C3/CC(C)(C)C(C)(C#N)N3)=N2)C(=O)O1. The molecule has 2 saturated heterocycles. The fraction of sp³-hybridized carbons (Fsp3) is 0.619. The van der Waals surface area contributed by atoms with E-state index in [9.17, 15) is 14.9 Å². The molecule has 3 rings (SSSR count). The molecule has 2 fully saturated rings. The molecule has 150 valence electrons. The van der Waals surface area contributed by atoms with Crippen molar-refractivity contribution in [1.29, 1.82) is 5.26 Å². The molecule has 3 aliphatic heterocycles. The summed E-state index contributed by atoms with van der Waals surface area (Å²) in [4.78, 5) is 29.3. The molecule has 0 aromatic rings. The van der Waals surface area contributed by atoms with E-state index in [1.54, 1.807) is 0 Å². The Balaban J connectivity index is 1.99. The van der Waals surface area contributed by atoms with Crippen molar-refractivity contribution < 1.29 is 19.1 Å². The van der Waals surface area contributed by atoms with E-state index in [1.807, 2.05) is 26.8 Å². The Bertz CT molecular complexity index is 877. The van der Waals surface area contributed by atoms with Gasteiger partial charge in [0.05, 0.1) is 11.8 Å². The second-order valence-corrected chi connectivity index (χ2v) is 9.65. The van der Waals surface area contributed by atoms with Crippen molar-refractivity contribution in [2.24, 2.45) is 15.8 Å². The number of hydrogen-bond acceptors (Lipinski definition) is 7. The lowest BCUT2D eigenvalue weighted by Gasteiger charge is -2.30. The topological polar surface area (TPSA) is 101 Å². The van der Waals surface area contributed by atoms with E-state index in [1.165, 1.54) is 13.8 Å². The Morgan fingerprint density at radius 3 is 2.11 bits per heavy atom. The normalized spacial score (nSPS) is 31.8. The van der Waals surface area contributed by atoms with Crippen molar-refractivity contribution in [3.8, 4) is 6.07 Å². The van der Waals surface area contributed by atoms with Crippen LogP contribution in [-0.2, 0) is 19.1 Å². The first-order valence-electron chi connectivity index (χ1n) is 9.39. The lowest BCUT2D eigenvalue weighted by atomic mass is 9.75. The average Bonchev–Trinajstić information content (AvgIpc) is 2.90. The molecule has 3 aliphatic rings. The molecule has 3 heterocycles. The lowest BCUT2D eigenvalue weighted by Crippen LogP contribution is -2.44. The van der Waals surface area contributed by atoms with Gasteiger partial charge in [-0.15, -0.1) is 0 Å². The van der Waals surface area contributed by atoms with Gasteiger partial charge in [-0.25, -0.2) is 9.59 Å². The highest BCUT2D eigenvalue weighted by Gasteiger charge is 2.49. The van der Waals surface area contributed by atoms with Gasteiger partial charge in [0.2, 0.25) is 0 Å². The van der Waals surface area contributed by atoms with Crippen LogP contribution in [-0.4, -0.2) is 29.0 Å². The maximum absolute atomic E-state index is 12.4. The molecule has 7 heteroatoms. The van der Waals surface area contributed by atoms with Gasteiger partial charge < -0.3 is 14.8 Å². The van der Waals surface area contributed by atoms with Crippen LogP contribution in [0.5, 0.6) is 0 Å². The van der Waals surface area contributed by atoms with E-state index in [4.69, 9.17) is 9.47 Å². The van der Waals surface area contributed by atoms with E-state index in [0.29, 0.717) is 18.5 Å². The third-order valence-electron chi connectivity index (χ3n) is 5.86. The van der Waals surface area contributed by atoms with E-state index in [-0.39, 0.29) is 16.4 Å². The van der Waals surface area contributed by atoms with Crippen molar-refractivity contribution in [3.63, 3.8) is 0 Å². The predicted octanol–water partition coefficient (Wildman–Crippen LogP) is 3.13. The predicted molar refractivity (Wildman–Crippen MR) is 103 cm³/mol. The number of ether oxygens (including phenoxy) is 2. The molecule has 0 amide bonds. The summed E-state index contributed by atoms with van der Waals surface area (Å²) >= 11 is 0. The number of esters is 2. The molecular weight excluding hydrogens is 358 g/mol. The third kappa shape index (κ3) is 3.21. The minimum absolute atomic E-state index is 0.137. The van der Waals surface area contributed by atoms with Gasteiger partial charge in [0.25, 0.3) is 5.79 Å². The molecule has 1 unspecified atom stereocenters. The maximum Gasteiger partial charge on any atom is 0.350 e. The number of hydrogen-bond donors (Lipinski definition) is 1. The average molecular weight is 385 g/mol. The van der Waals surface area contributed by atoms with E-state index >= 15 is 0 Å². The van der Waals surface area contributed by atoms with Crippen LogP contribution in [0.4, 0.5) is 0 Å². The first-order chi connectivity index (χ1) is 12.7. The number of nitriles is 1. The van der Waals surface area contributed by atoms with Crippen molar-refractivity contribution >= 4 is 17.7 Å². The monoisotopic (exact) mass is 385 g/mol. The fourth-order valence-corrected chi connectivity index (χ4v) is 3.72. The quantitative estimate of drug-likeness (QED) is 0.423. The fourth-order valence-electron chi connectivity index (χ4n) is 3.72. The molecule has 28 heavy (non-hydrogen) atoms. The largest absolute Gasteiger partial charge is 0.419 e. The number of carbonyl (C=O) groups excluding carboxylic acids is 2. The summed E-state index contributed by atoms with van der Waals surface area (Å²) in [5, 5.41) is 12.9. The Kier molecular flexibility index (Phi) is 4.27.